The number of nitrogens with zero attached hydrogens (tertiary/aromatic N) is 4. The number of nitrogens with one attached hydrogen (secondary N) is 4. The van der Waals surface area contributed by atoms with Crippen molar-refractivity contribution in [1.82, 2.24) is 30.5 Å². The molecule has 0 bridgehead atoms. The van der Waals surface area contributed by atoms with Gasteiger partial charge in [-0.2, -0.15) is 0 Å². The lowest BCUT2D eigenvalue weighted by atomic mass is 10.1. The molecule has 1 amide bonds. The van der Waals surface area contributed by atoms with Crippen LogP contribution in [-0.4, -0.2) is 72.1 Å². The molecule has 2 aromatic heterocycles. The van der Waals surface area contributed by atoms with Gasteiger partial charge in [0.25, 0.3) is 0 Å². The number of halogens is 1. The zero-order valence-corrected chi connectivity index (χ0v) is 21.3. The minimum absolute atomic E-state index is 0.0777. The number of dihydropyridines is 1. The number of amides is 1. The average Bonchev–Trinajstić information content (AvgIpc) is 3.32. The van der Waals surface area contributed by atoms with Crippen LogP contribution in [0.15, 0.2) is 54.5 Å². The Kier molecular flexibility index (Phi) is 7.11. The van der Waals surface area contributed by atoms with Crippen LogP contribution in [0.5, 0.6) is 0 Å². The van der Waals surface area contributed by atoms with Gasteiger partial charge in [0.15, 0.2) is 5.65 Å². The first-order valence-electron chi connectivity index (χ1n) is 12.2. The van der Waals surface area contributed by atoms with Crippen LogP contribution in [0.2, 0.25) is 5.02 Å². The quantitative estimate of drug-likeness (QED) is 0.390. The summed E-state index contributed by atoms with van der Waals surface area (Å²) in [5.41, 5.74) is 4.90. The van der Waals surface area contributed by atoms with E-state index in [2.05, 4.69) is 37.9 Å². The van der Waals surface area contributed by atoms with E-state index in [1.165, 1.54) is 0 Å². The van der Waals surface area contributed by atoms with Crippen molar-refractivity contribution in [2.24, 2.45) is 0 Å². The Morgan fingerprint density at radius 1 is 1.25 bits per heavy atom. The lowest BCUT2D eigenvalue weighted by Gasteiger charge is -2.30. The normalized spacial score (nSPS) is 16.5. The minimum Gasteiger partial charge on any atom is -0.386 e. The van der Waals surface area contributed by atoms with Crippen molar-refractivity contribution in [1.29, 1.82) is 0 Å². The number of benzene rings is 1. The van der Waals surface area contributed by atoms with E-state index >= 15 is 0 Å². The molecule has 1 aromatic carbocycles. The third-order valence-electron chi connectivity index (χ3n) is 6.57. The third kappa shape index (κ3) is 5.47. The number of carbonyl (C=O) groups is 1. The van der Waals surface area contributed by atoms with Crippen LogP contribution in [0.3, 0.4) is 0 Å². The predicted octanol–water partition coefficient (Wildman–Crippen LogP) is 3.34. The number of likely N-dealkylation sites (tertiary alicyclic amines) is 1. The molecule has 4 heterocycles. The molecule has 0 saturated carbocycles. The van der Waals surface area contributed by atoms with Crippen LogP contribution in [0.4, 0.5) is 11.4 Å². The number of rotatable bonds is 7. The number of anilines is 2. The fourth-order valence-electron chi connectivity index (χ4n) is 4.49. The maximum Gasteiger partial charge on any atom is 0.243 e. The molecule has 4 N–H and O–H groups in total. The maximum absolute atomic E-state index is 12.4. The molecule has 0 atom stereocenters. The highest BCUT2D eigenvalue weighted by Gasteiger charge is 2.20. The molecule has 0 aliphatic carbocycles. The number of likely N-dealkylation sites (N-methyl/N-ethyl adjacent to an activating group) is 1. The van der Waals surface area contributed by atoms with Crippen molar-refractivity contribution in [3.8, 4) is 11.4 Å². The summed E-state index contributed by atoms with van der Waals surface area (Å²) in [5, 5.41) is 10.2. The second-order valence-electron chi connectivity index (χ2n) is 9.35. The van der Waals surface area contributed by atoms with E-state index in [0.29, 0.717) is 16.7 Å². The molecule has 1 saturated heterocycles. The van der Waals surface area contributed by atoms with Crippen LogP contribution in [0.1, 0.15) is 12.8 Å². The molecule has 2 aliphatic rings. The molecular formula is C26H31ClN8O. The zero-order valence-electron chi connectivity index (χ0n) is 20.5. The molecule has 0 radical (unpaired) electrons. The summed E-state index contributed by atoms with van der Waals surface area (Å²) in [6.07, 6.45) is 9.46. The van der Waals surface area contributed by atoms with Crippen LogP contribution in [0, 0.1) is 0 Å². The van der Waals surface area contributed by atoms with E-state index in [4.69, 9.17) is 16.6 Å². The van der Waals surface area contributed by atoms with Gasteiger partial charge in [-0.15, -0.1) is 0 Å². The summed E-state index contributed by atoms with van der Waals surface area (Å²) in [6.45, 7) is 3.13. The molecule has 2 aliphatic heterocycles. The summed E-state index contributed by atoms with van der Waals surface area (Å²) in [6, 6.07) is 8.30. The van der Waals surface area contributed by atoms with E-state index in [1.54, 1.807) is 12.4 Å². The van der Waals surface area contributed by atoms with E-state index in [9.17, 15) is 4.79 Å². The van der Waals surface area contributed by atoms with Crippen molar-refractivity contribution in [2.45, 2.75) is 18.9 Å². The first kappa shape index (κ1) is 24.1. The topological polar surface area (TPSA) is 101 Å². The molecule has 3 aromatic rings. The van der Waals surface area contributed by atoms with Crippen molar-refractivity contribution < 1.29 is 4.79 Å². The Labute approximate surface area is 215 Å². The Bertz CT molecular complexity index is 1290. The number of pyridine rings is 1. The molecule has 188 valence electrons. The van der Waals surface area contributed by atoms with Gasteiger partial charge in [0.1, 0.15) is 11.3 Å². The van der Waals surface area contributed by atoms with E-state index in [0.717, 1.165) is 66.5 Å². The monoisotopic (exact) mass is 506 g/mol. The van der Waals surface area contributed by atoms with Crippen molar-refractivity contribution in [3.05, 3.63) is 59.5 Å². The standard InChI is InChI=1S/C26H31ClN8O/c1-34-12-9-18(10-13-34)31-23-21(27)15-29-26-24(23)32-25(33-26)17-5-7-20(8-6-17)35(2)16-22(36)30-19-4-3-11-28-14-19/h3-8,14-15,18,28H,9-13,16H2,1-2H3,(H,30,36)(H2,29,31,32,33). The third-order valence-corrected chi connectivity index (χ3v) is 6.86. The van der Waals surface area contributed by atoms with Gasteiger partial charge in [-0.3, -0.25) is 4.79 Å². The number of aromatic amines is 1. The van der Waals surface area contributed by atoms with Crippen LogP contribution < -0.4 is 20.9 Å². The van der Waals surface area contributed by atoms with Gasteiger partial charge in [0.2, 0.25) is 5.91 Å². The average molecular weight is 507 g/mol. The number of hydrogen-bond donors (Lipinski definition) is 4. The molecule has 0 unspecified atom stereocenters. The second kappa shape index (κ2) is 10.6. The largest absolute Gasteiger partial charge is 0.386 e. The van der Waals surface area contributed by atoms with Gasteiger partial charge in [0.05, 0.1) is 29.1 Å². The summed E-state index contributed by atoms with van der Waals surface area (Å²) in [4.78, 5) is 29.3. The summed E-state index contributed by atoms with van der Waals surface area (Å²) < 4.78 is 0. The Morgan fingerprint density at radius 3 is 2.75 bits per heavy atom. The number of H-pyrrole nitrogens is 1. The van der Waals surface area contributed by atoms with Crippen LogP contribution in [-0.2, 0) is 4.79 Å². The SMILES string of the molecule is CN1CCC(Nc2c(Cl)cnc3[nH]c(-c4ccc(N(C)CC(=O)NC5=CNCC=C5)cc4)nc23)CC1. The molecule has 0 spiro atoms. The lowest BCUT2D eigenvalue weighted by Crippen LogP contribution is -2.36. The van der Waals surface area contributed by atoms with Gasteiger partial charge in [0, 0.05) is 37.1 Å². The maximum atomic E-state index is 12.4. The Morgan fingerprint density at radius 2 is 2.03 bits per heavy atom. The highest BCUT2D eigenvalue weighted by atomic mass is 35.5. The molecule has 9 nitrogen and oxygen atoms in total. The highest BCUT2D eigenvalue weighted by molar-refractivity contribution is 6.34. The van der Waals surface area contributed by atoms with Gasteiger partial charge >= 0.3 is 0 Å². The number of piperidine rings is 1. The van der Waals surface area contributed by atoms with E-state index < -0.39 is 0 Å². The number of hydrogen-bond acceptors (Lipinski definition) is 7. The number of fused-ring (bicyclic) bond motifs is 1. The Balaban J connectivity index is 1.28. The number of aromatic nitrogens is 3. The fourth-order valence-corrected chi connectivity index (χ4v) is 4.68. The molecule has 1 fully saturated rings. The van der Waals surface area contributed by atoms with Gasteiger partial charge < -0.3 is 30.7 Å². The van der Waals surface area contributed by atoms with Crippen LogP contribution >= 0.6 is 11.6 Å². The minimum atomic E-state index is -0.0777. The number of carbonyl (C=O) groups excluding carboxylic acids is 1. The summed E-state index contributed by atoms with van der Waals surface area (Å²) >= 11 is 6.53. The van der Waals surface area contributed by atoms with Crippen molar-refractivity contribution >= 4 is 40.0 Å². The molecule has 36 heavy (non-hydrogen) atoms. The van der Waals surface area contributed by atoms with E-state index in [1.807, 2.05) is 48.4 Å². The van der Waals surface area contributed by atoms with Gasteiger partial charge in [-0.25, -0.2) is 9.97 Å². The van der Waals surface area contributed by atoms with Gasteiger partial charge in [-0.05, 0) is 63.3 Å². The second-order valence-corrected chi connectivity index (χ2v) is 9.75. The molecular weight excluding hydrogens is 476 g/mol. The van der Waals surface area contributed by atoms with Crippen molar-refractivity contribution in [3.63, 3.8) is 0 Å². The lowest BCUT2D eigenvalue weighted by molar-refractivity contribution is -0.119. The highest BCUT2D eigenvalue weighted by Crippen LogP contribution is 2.32. The fraction of sp³-hybridized carbons (Fsp3) is 0.346. The predicted molar refractivity (Wildman–Crippen MR) is 145 cm³/mol. The number of imidazole rings is 1. The summed E-state index contributed by atoms with van der Waals surface area (Å²) in [5.74, 6) is 0.646. The zero-order chi connectivity index (χ0) is 25.1. The van der Waals surface area contributed by atoms with Crippen molar-refractivity contribution in [2.75, 3.05) is 50.5 Å². The smallest absolute Gasteiger partial charge is 0.243 e. The Hall–Kier alpha value is -3.56. The number of allylic oxidation sites excluding steroid dienone is 1. The summed E-state index contributed by atoms with van der Waals surface area (Å²) in [7, 11) is 4.04. The van der Waals surface area contributed by atoms with E-state index in [-0.39, 0.29) is 12.5 Å². The van der Waals surface area contributed by atoms with Crippen LogP contribution in [0.25, 0.3) is 22.6 Å². The van der Waals surface area contributed by atoms with Gasteiger partial charge in [-0.1, -0.05) is 17.7 Å². The molecule has 5 rings (SSSR count). The molecule has 10 heteroatoms. The first-order chi connectivity index (χ1) is 17.5. The first-order valence-corrected chi connectivity index (χ1v) is 12.5.